The van der Waals surface area contributed by atoms with E-state index in [2.05, 4.69) is 30.4 Å². The molecule has 0 fully saturated rings. The molecule has 3 heterocycles. The van der Waals surface area contributed by atoms with Gasteiger partial charge in [0.05, 0.1) is 17.7 Å². The summed E-state index contributed by atoms with van der Waals surface area (Å²) in [4.78, 5) is 28.6. The quantitative estimate of drug-likeness (QED) is 0.554. The number of rotatable bonds is 4. The second-order valence-electron chi connectivity index (χ2n) is 5.35. The number of fused-ring (bicyclic) bond motifs is 1. The van der Waals surface area contributed by atoms with Crippen LogP contribution in [0.1, 0.15) is 0 Å². The molecule has 26 heavy (non-hydrogen) atoms. The fourth-order valence-electron chi connectivity index (χ4n) is 2.50. The van der Waals surface area contributed by atoms with Crippen molar-refractivity contribution < 1.29 is 4.79 Å². The molecule has 0 aliphatic carbocycles. The summed E-state index contributed by atoms with van der Waals surface area (Å²) in [6.07, 6.45) is 5.75. The van der Waals surface area contributed by atoms with Crippen LogP contribution in [-0.4, -0.2) is 40.2 Å². The standard InChI is InChI=1S/C15H12ClN9O/c16-9-1-2-11(25-7-18-5-22-25)10(3-9)23-12(26)4-24-8-21-13-14(17)19-6-20-15(13)24/h1-3,5-8H,4H2,(H,23,26)(H2,17,19,20). The summed E-state index contributed by atoms with van der Waals surface area (Å²) in [6, 6.07) is 5.09. The van der Waals surface area contributed by atoms with Crippen LogP contribution in [0.4, 0.5) is 11.5 Å². The van der Waals surface area contributed by atoms with Gasteiger partial charge < -0.3 is 15.6 Å². The first-order valence-electron chi connectivity index (χ1n) is 7.47. The maximum Gasteiger partial charge on any atom is 0.244 e. The minimum Gasteiger partial charge on any atom is -0.382 e. The van der Waals surface area contributed by atoms with Crippen LogP contribution in [0.25, 0.3) is 16.9 Å². The molecule has 130 valence electrons. The number of nitrogens with zero attached hydrogens (tertiary/aromatic N) is 7. The zero-order valence-electron chi connectivity index (χ0n) is 13.2. The summed E-state index contributed by atoms with van der Waals surface area (Å²) in [5.74, 6) is -0.0254. The number of benzene rings is 1. The summed E-state index contributed by atoms with van der Waals surface area (Å²) >= 11 is 6.06. The Labute approximate surface area is 151 Å². The van der Waals surface area contributed by atoms with Gasteiger partial charge >= 0.3 is 0 Å². The molecule has 0 radical (unpaired) electrons. The lowest BCUT2D eigenvalue weighted by Gasteiger charge is -2.11. The Kier molecular flexibility index (Phi) is 3.93. The number of aromatic nitrogens is 7. The number of carbonyl (C=O) groups excluding carboxylic acids is 1. The number of nitrogen functional groups attached to an aromatic ring is 1. The number of hydrogen-bond donors (Lipinski definition) is 2. The van der Waals surface area contributed by atoms with Crippen LogP contribution < -0.4 is 11.1 Å². The SMILES string of the molecule is Nc1ncnc2c1ncn2CC(=O)Nc1cc(Cl)ccc1-n1cncn1. The van der Waals surface area contributed by atoms with E-state index in [9.17, 15) is 4.79 Å². The monoisotopic (exact) mass is 369 g/mol. The molecule has 0 aliphatic heterocycles. The highest BCUT2D eigenvalue weighted by Gasteiger charge is 2.13. The smallest absolute Gasteiger partial charge is 0.244 e. The number of anilines is 2. The number of amides is 1. The average Bonchev–Trinajstić information content (AvgIpc) is 3.26. The van der Waals surface area contributed by atoms with E-state index in [1.165, 1.54) is 30.0 Å². The normalized spacial score (nSPS) is 11.0. The first-order chi connectivity index (χ1) is 12.6. The van der Waals surface area contributed by atoms with E-state index in [4.69, 9.17) is 17.3 Å². The zero-order valence-corrected chi connectivity index (χ0v) is 14.0. The molecule has 0 saturated heterocycles. The highest BCUT2D eigenvalue weighted by Crippen LogP contribution is 2.24. The van der Waals surface area contributed by atoms with Gasteiger partial charge in [0.2, 0.25) is 5.91 Å². The molecule has 3 N–H and O–H groups in total. The van der Waals surface area contributed by atoms with Gasteiger partial charge in [-0.25, -0.2) is 24.6 Å². The summed E-state index contributed by atoms with van der Waals surface area (Å²) in [5, 5.41) is 7.38. The van der Waals surface area contributed by atoms with Crippen molar-refractivity contribution in [3.63, 3.8) is 0 Å². The molecule has 0 bridgehead atoms. The van der Waals surface area contributed by atoms with Crippen LogP contribution in [0.15, 0.2) is 43.5 Å². The highest BCUT2D eigenvalue weighted by molar-refractivity contribution is 6.31. The second kappa shape index (κ2) is 6.41. The predicted octanol–water partition coefficient (Wildman–Crippen LogP) is 1.28. The summed E-state index contributed by atoms with van der Waals surface area (Å²) in [6.45, 7) is -0.00371. The Hall–Kier alpha value is -3.53. The van der Waals surface area contributed by atoms with E-state index in [-0.39, 0.29) is 18.3 Å². The molecule has 0 unspecified atom stereocenters. The number of nitrogens with one attached hydrogen (secondary N) is 1. The second-order valence-corrected chi connectivity index (χ2v) is 5.79. The van der Waals surface area contributed by atoms with Gasteiger partial charge in [0.25, 0.3) is 0 Å². The van der Waals surface area contributed by atoms with Crippen molar-refractivity contribution in [3.05, 3.63) is 48.5 Å². The molecule has 3 aromatic heterocycles. The van der Waals surface area contributed by atoms with Gasteiger partial charge in [0, 0.05) is 5.02 Å². The van der Waals surface area contributed by atoms with Crippen LogP contribution in [0, 0.1) is 0 Å². The summed E-state index contributed by atoms with van der Waals surface area (Å²) in [5.41, 5.74) is 7.84. The third-order valence-corrected chi connectivity index (χ3v) is 3.88. The number of carbonyl (C=O) groups is 1. The first-order valence-corrected chi connectivity index (χ1v) is 7.85. The van der Waals surface area contributed by atoms with Crippen molar-refractivity contribution in [3.8, 4) is 5.69 Å². The number of halogens is 1. The summed E-state index contributed by atoms with van der Waals surface area (Å²) < 4.78 is 3.12. The Morgan fingerprint density at radius 2 is 2.08 bits per heavy atom. The maximum absolute atomic E-state index is 12.5. The van der Waals surface area contributed by atoms with Crippen molar-refractivity contribution in [1.82, 2.24) is 34.3 Å². The lowest BCUT2D eigenvalue weighted by molar-refractivity contribution is -0.116. The van der Waals surface area contributed by atoms with Gasteiger partial charge in [-0.1, -0.05) is 11.6 Å². The van der Waals surface area contributed by atoms with Crippen LogP contribution in [-0.2, 0) is 11.3 Å². The van der Waals surface area contributed by atoms with Crippen molar-refractivity contribution in [2.24, 2.45) is 0 Å². The molecule has 1 aromatic carbocycles. The molecule has 0 atom stereocenters. The van der Waals surface area contributed by atoms with Crippen LogP contribution >= 0.6 is 11.6 Å². The molecule has 10 nitrogen and oxygen atoms in total. The third-order valence-electron chi connectivity index (χ3n) is 3.64. The van der Waals surface area contributed by atoms with E-state index >= 15 is 0 Å². The van der Waals surface area contributed by atoms with Gasteiger partial charge in [0.1, 0.15) is 31.0 Å². The molecular formula is C15H12ClN9O. The fourth-order valence-corrected chi connectivity index (χ4v) is 2.67. The van der Waals surface area contributed by atoms with Crippen LogP contribution in [0.2, 0.25) is 5.02 Å². The lowest BCUT2D eigenvalue weighted by Crippen LogP contribution is -2.19. The topological polar surface area (TPSA) is 129 Å². The minimum atomic E-state index is -0.287. The summed E-state index contributed by atoms with van der Waals surface area (Å²) in [7, 11) is 0. The van der Waals surface area contributed by atoms with E-state index < -0.39 is 0 Å². The first kappa shape index (κ1) is 16.0. The van der Waals surface area contributed by atoms with Crippen LogP contribution in [0.5, 0.6) is 0 Å². The van der Waals surface area contributed by atoms with Crippen LogP contribution in [0.3, 0.4) is 0 Å². The molecule has 0 aliphatic rings. The number of hydrogen-bond acceptors (Lipinski definition) is 7. The largest absolute Gasteiger partial charge is 0.382 e. The van der Waals surface area contributed by atoms with Gasteiger partial charge in [-0.05, 0) is 18.2 Å². The van der Waals surface area contributed by atoms with E-state index in [0.29, 0.717) is 27.6 Å². The highest BCUT2D eigenvalue weighted by atomic mass is 35.5. The van der Waals surface area contributed by atoms with E-state index in [1.54, 1.807) is 22.8 Å². The number of imidazole rings is 1. The van der Waals surface area contributed by atoms with E-state index in [0.717, 1.165) is 0 Å². The molecule has 0 spiro atoms. The van der Waals surface area contributed by atoms with Crippen molar-refractivity contribution >= 4 is 40.2 Å². The van der Waals surface area contributed by atoms with Crippen molar-refractivity contribution in [2.75, 3.05) is 11.1 Å². The Morgan fingerprint density at radius 1 is 1.19 bits per heavy atom. The molecule has 4 rings (SSSR count). The van der Waals surface area contributed by atoms with Crippen molar-refractivity contribution in [1.29, 1.82) is 0 Å². The Bertz CT molecular complexity index is 1090. The van der Waals surface area contributed by atoms with Gasteiger partial charge in [-0.15, -0.1) is 0 Å². The zero-order chi connectivity index (χ0) is 18.1. The Morgan fingerprint density at radius 3 is 2.88 bits per heavy atom. The fraction of sp³-hybridized carbons (Fsp3) is 0.0667. The minimum absolute atomic E-state index is 0.00371. The third kappa shape index (κ3) is 2.93. The predicted molar refractivity (Wildman–Crippen MR) is 94.7 cm³/mol. The van der Waals surface area contributed by atoms with Gasteiger partial charge in [-0.3, -0.25) is 4.79 Å². The molecular weight excluding hydrogens is 358 g/mol. The van der Waals surface area contributed by atoms with E-state index in [1.807, 2.05) is 0 Å². The maximum atomic E-state index is 12.5. The molecule has 11 heteroatoms. The lowest BCUT2D eigenvalue weighted by atomic mass is 10.2. The molecule has 4 aromatic rings. The Balaban J connectivity index is 1.61. The molecule has 0 saturated carbocycles. The molecule has 1 amide bonds. The van der Waals surface area contributed by atoms with Crippen molar-refractivity contribution in [2.45, 2.75) is 6.54 Å². The number of nitrogens with two attached hydrogens (primary N) is 1. The van der Waals surface area contributed by atoms with Gasteiger partial charge in [-0.2, -0.15) is 5.10 Å². The van der Waals surface area contributed by atoms with Gasteiger partial charge in [0.15, 0.2) is 11.5 Å². The average molecular weight is 370 g/mol.